The topological polar surface area (TPSA) is 79.6 Å². The number of azo groups is 2. The van der Waals surface area contributed by atoms with E-state index in [1.807, 2.05) is 6.92 Å². The van der Waals surface area contributed by atoms with Gasteiger partial charge in [0.2, 0.25) is 6.33 Å². The maximum absolute atomic E-state index is 15.3. The highest BCUT2D eigenvalue weighted by atomic mass is 35.5. The first-order valence-electron chi connectivity index (χ1n) is 10.9. The Morgan fingerprint density at radius 2 is 1.94 bits per heavy atom. The number of alkyl halides is 2. The molecule has 0 saturated carbocycles. The number of ether oxygens (including phenoxy) is 1. The zero-order valence-corrected chi connectivity index (χ0v) is 19.7. The van der Waals surface area contributed by atoms with E-state index < -0.39 is 24.3 Å². The average molecular weight is 484 g/mol. The highest BCUT2D eigenvalue weighted by molar-refractivity contribution is 6.31. The minimum absolute atomic E-state index is 0.0464. The third-order valence-electron chi connectivity index (χ3n) is 6.28. The maximum atomic E-state index is 15.3. The summed E-state index contributed by atoms with van der Waals surface area (Å²) in [7, 11) is 0. The van der Waals surface area contributed by atoms with Gasteiger partial charge >= 0.3 is 5.82 Å². The van der Waals surface area contributed by atoms with E-state index in [0.29, 0.717) is 42.6 Å². The van der Waals surface area contributed by atoms with Crippen molar-refractivity contribution < 1.29 is 22.6 Å². The van der Waals surface area contributed by atoms with Crippen LogP contribution in [0, 0.1) is 5.82 Å². The van der Waals surface area contributed by atoms with Crippen LogP contribution < -0.4 is 10.5 Å². The fourth-order valence-corrected chi connectivity index (χ4v) is 4.67. The lowest BCUT2D eigenvalue weighted by molar-refractivity contribution is -0.555. The van der Waals surface area contributed by atoms with E-state index in [2.05, 4.69) is 33.8 Å². The van der Waals surface area contributed by atoms with E-state index in [-0.39, 0.29) is 28.1 Å². The molecular formula is C22H27ClF3N6O+. The minimum Gasteiger partial charge on any atom is -0.493 e. The number of rotatable bonds is 7. The number of fused-ring (bicyclic) bond motifs is 1. The molecule has 0 radical (unpaired) electrons. The van der Waals surface area contributed by atoms with E-state index in [1.165, 1.54) is 17.1 Å². The van der Waals surface area contributed by atoms with E-state index in [1.54, 1.807) is 6.92 Å². The lowest BCUT2D eigenvalue weighted by Crippen LogP contribution is -2.49. The molecule has 4 rings (SSSR count). The SMILES string of the molecule is CCOc1c(C(C)[N+]2=NC(C(F)F)c3c(N)ncnc32)cc(Cl)c(F)c1C1CN(C(C)C)C1. The van der Waals surface area contributed by atoms with Gasteiger partial charge in [-0.05, 0) is 38.7 Å². The Balaban J connectivity index is 1.81. The molecule has 0 amide bonds. The molecule has 2 aliphatic heterocycles. The van der Waals surface area contributed by atoms with E-state index in [9.17, 15) is 8.78 Å². The predicted octanol–water partition coefficient (Wildman–Crippen LogP) is 5.23. The van der Waals surface area contributed by atoms with Crippen LogP contribution in [-0.4, -0.2) is 51.7 Å². The predicted molar refractivity (Wildman–Crippen MR) is 118 cm³/mol. The molecular weight excluding hydrogens is 457 g/mol. The van der Waals surface area contributed by atoms with Crippen LogP contribution in [0.15, 0.2) is 17.5 Å². The van der Waals surface area contributed by atoms with E-state index in [4.69, 9.17) is 22.1 Å². The van der Waals surface area contributed by atoms with Crippen LogP contribution in [0.2, 0.25) is 5.02 Å². The van der Waals surface area contributed by atoms with Gasteiger partial charge in [0.1, 0.15) is 29.0 Å². The van der Waals surface area contributed by atoms with Gasteiger partial charge in [-0.2, -0.15) is 4.98 Å². The number of anilines is 1. The summed E-state index contributed by atoms with van der Waals surface area (Å²) in [5.41, 5.74) is 6.92. The van der Waals surface area contributed by atoms with Crippen molar-refractivity contribution in [2.75, 3.05) is 25.4 Å². The third-order valence-corrected chi connectivity index (χ3v) is 6.56. The first-order chi connectivity index (χ1) is 15.6. The highest BCUT2D eigenvalue weighted by Gasteiger charge is 2.44. The molecule has 1 fully saturated rings. The van der Waals surface area contributed by atoms with E-state index >= 15 is 4.39 Å². The first kappa shape index (κ1) is 23.7. The summed E-state index contributed by atoms with van der Waals surface area (Å²) < 4.78 is 50.1. The summed E-state index contributed by atoms with van der Waals surface area (Å²) in [6.45, 7) is 9.39. The molecule has 0 aliphatic carbocycles. The van der Waals surface area contributed by atoms with Gasteiger partial charge in [-0.15, -0.1) is 9.81 Å². The van der Waals surface area contributed by atoms with Crippen LogP contribution in [0.3, 0.4) is 0 Å². The van der Waals surface area contributed by atoms with Crippen molar-refractivity contribution in [2.24, 2.45) is 5.11 Å². The molecule has 3 heterocycles. The average Bonchev–Trinajstić information content (AvgIpc) is 3.12. The lowest BCUT2D eigenvalue weighted by atomic mass is 9.87. The Hall–Kier alpha value is -2.46. The standard InChI is InChI=1S/C22H27ClF3N6O/c1-5-33-19-13(6-14(23)17(24)15(19)12-7-31(8-12)10(2)3)11(4)32-22-16(18(30-32)20(25)26)21(27)28-9-29-22/h6,9-12,18,20H,5,7-8H2,1-4H3,(H2,27,28,29)/q+1. The number of hydrogen-bond donors (Lipinski definition) is 1. The van der Waals surface area contributed by atoms with Crippen LogP contribution in [0.5, 0.6) is 5.75 Å². The van der Waals surface area contributed by atoms with Crippen LogP contribution >= 0.6 is 11.6 Å². The Morgan fingerprint density at radius 3 is 2.55 bits per heavy atom. The molecule has 33 heavy (non-hydrogen) atoms. The molecule has 1 aromatic heterocycles. The number of likely N-dealkylation sites (tertiary alicyclic amines) is 1. The van der Waals surface area contributed by atoms with Crippen LogP contribution in [0.1, 0.15) is 62.4 Å². The molecule has 0 spiro atoms. The number of nitrogen functional groups attached to an aromatic ring is 1. The van der Waals surface area contributed by atoms with Crippen molar-refractivity contribution in [3.63, 3.8) is 0 Å². The van der Waals surface area contributed by atoms with Gasteiger partial charge in [-0.1, -0.05) is 11.6 Å². The monoisotopic (exact) mass is 483 g/mol. The molecule has 2 atom stereocenters. The van der Waals surface area contributed by atoms with Gasteiger partial charge in [0, 0.05) is 36.2 Å². The molecule has 1 aromatic carbocycles. The fraction of sp³-hybridized carbons (Fsp3) is 0.545. The van der Waals surface area contributed by atoms with Crippen LogP contribution in [0.4, 0.5) is 24.8 Å². The van der Waals surface area contributed by atoms with E-state index in [0.717, 1.165) is 0 Å². The van der Waals surface area contributed by atoms with Gasteiger partial charge < -0.3 is 10.5 Å². The number of hydrogen-bond acceptors (Lipinski definition) is 6. The molecule has 2 unspecified atom stereocenters. The first-order valence-corrected chi connectivity index (χ1v) is 11.3. The maximum Gasteiger partial charge on any atom is 0.354 e. The normalized spacial score (nSPS) is 19.6. The van der Waals surface area contributed by atoms with Crippen molar-refractivity contribution >= 4 is 23.2 Å². The number of halogens is 4. The van der Waals surface area contributed by atoms with Gasteiger partial charge in [0.25, 0.3) is 6.43 Å². The Labute approximate surface area is 195 Å². The van der Waals surface area contributed by atoms with Crippen LogP contribution in [0.25, 0.3) is 0 Å². The van der Waals surface area contributed by atoms with Gasteiger partial charge in [0.15, 0.2) is 6.04 Å². The molecule has 2 aromatic rings. The Bertz CT molecular complexity index is 1090. The zero-order chi connectivity index (χ0) is 24.0. The zero-order valence-electron chi connectivity index (χ0n) is 18.9. The molecule has 11 heteroatoms. The summed E-state index contributed by atoms with van der Waals surface area (Å²) in [5.74, 6) is -0.0812. The highest BCUT2D eigenvalue weighted by Crippen LogP contribution is 2.47. The summed E-state index contributed by atoms with van der Waals surface area (Å²) in [4.78, 5) is 10.2. The summed E-state index contributed by atoms with van der Waals surface area (Å²) in [6.07, 6.45) is -1.58. The van der Waals surface area contributed by atoms with Gasteiger partial charge in [-0.3, -0.25) is 4.90 Å². The molecule has 2 aliphatic rings. The largest absolute Gasteiger partial charge is 0.493 e. The minimum atomic E-state index is -2.79. The summed E-state index contributed by atoms with van der Waals surface area (Å²) in [5, 5.41) is 4.14. The third kappa shape index (κ3) is 4.03. The lowest BCUT2D eigenvalue weighted by Gasteiger charge is -2.43. The second-order valence-corrected chi connectivity index (χ2v) is 9.00. The molecule has 7 nitrogen and oxygen atoms in total. The smallest absolute Gasteiger partial charge is 0.354 e. The number of aromatic nitrogens is 2. The number of benzene rings is 1. The summed E-state index contributed by atoms with van der Waals surface area (Å²) in [6, 6.07) is -0.291. The number of nitrogens with two attached hydrogens (primary N) is 1. The number of nitrogens with zero attached hydrogens (tertiary/aromatic N) is 5. The van der Waals surface area contributed by atoms with Crippen LogP contribution in [-0.2, 0) is 0 Å². The Kier molecular flexibility index (Phi) is 6.50. The Morgan fingerprint density at radius 1 is 1.24 bits per heavy atom. The van der Waals surface area contributed by atoms with Gasteiger partial charge in [-0.25, -0.2) is 13.2 Å². The van der Waals surface area contributed by atoms with Crippen molar-refractivity contribution in [1.82, 2.24) is 14.9 Å². The quantitative estimate of drug-likeness (QED) is 0.545. The van der Waals surface area contributed by atoms with Crippen molar-refractivity contribution in [3.05, 3.63) is 39.9 Å². The molecule has 178 valence electrons. The molecule has 2 N–H and O–H groups in total. The van der Waals surface area contributed by atoms with Crippen molar-refractivity contribution in [2.45, 2.75) is 58.2 Å². The molecule has 0 bridgehead atoms. The fourth-order valence-electron chi connectivity index (χ4n) is 4.45. The second-order valence-electron chi connectivity index (χ2n) is 8.59. The van der Waals surface area contributed by atoms with Gasteiger partial charge in [0.05, 0.1) is 11.6 Å². The second kappa shape index (κ2) is 9.06. The van der Waals surface area contributed by atoms with Crippen molar-refractivity contribution in [3.8, 4) is 5.75 Å². The van der Waals surface area contributed by atoms with Crippen molar-refractivity contribution in [1.29, 1.82) is 0 Å². The molecule has 1 saturated heterocycles. The summed E-state index contributed by atoms with van der Waals surface area (Å²) >= 11 is 6.31.